The third kappa shape index (κ3) is 5.34. The van der Waals surface area contributed by atoms with Crippen molar-refractivity contribution in [3.63, 3.8) is 0 Å². The Bertz CT molecular complexity index is 1480. The van der Waals surface area contributed by atoms with E-state index in [1.165, 1.54) is 21.2 Å². The van der Waals surface area contributed by atoms with Crippen molar-refractivity contribution in [2.75, 3.05) is 44.7 Å². The molecule has 1 aromatic heterocycles. The third-order valence-corrected chi connectivity index (χ3v) is 8.76. The molecule has 0 bridgehead atoms. The van der Waals surface area contributed by atoms with Gasteiger partial charge in [0, 0.05) is 31.2 Å². The number of aromatic nitrogens is 2. The molecular formula is C31H36N6O4. The molecular weight excluding hydrogens is 520 g/mol. The summed E-state index contributed by atoms with van der Waals surface area (Å²) in [6.07, 6.45) is 2.64. The lowest BCUT2D eigenvalue weighted by molar-refractivity contribution is 0.118. The van der Waals surface area contributed by atoms with Crippen LogP contribution in [0.3, 0.4) is 0 Å². The molecule has 3 aromatic rings. The summed E-state index contributed by atoms with van der Waals surface area (Å²) in [5.41, 5.74) is 3.26. The number of piperazine rings is 1. The predicted molar refractivity (Wildman–Crippen MR) is 155 cm³/mol. The van der Waals surface area contributed by atoms with Gasteiger partial charge < -0.3 is 29.3 Å². The first kappa shape index (κ1) is 27.1. The Hall–Kier alpha value is -4.10. The molecule has 3 aliphatic heterocycles. The molecule has 0 saturated carbocycles. The number of rotatable bonds is 6. The van der Waals surface area contributed by atoms with Crippen molar-refractivity contribution in [3.8, 4) is 18.0 Å². The Balaban J connectivity index is 1.34. The summed E-state index contributed by atoms with van der Waals surface area (Å²) in [4.78, 5) is 27.2. The lowest BCUT2D eigenvalue weighted by Crippen LogP contribution is -2.55. The van der Waals surface area contributed by atoms with Gasteiger partial charge in [-0.1, -0.05) is 36.4 Å². The van der Waals surface area contributed by atoms with Gasteiger partial charge in [0.15, 0.2) is 0 Å². The van der Waals surface area contributed by atoms with Gasteiger partial charge in [-0.05, 0) is 62.5 Å². The number of aryl methyl sites for hydroxylation is 1. The minimum Gasteiger partial charge on any atom is -0.469 e. The summed E-state index contributed by atoms with van der Waals surface area (Å²) >= 11 is 0. The molecule has 2 saturated heterocycles. The first-order valence-electron chi connectivity index (χ1n) is 14.4. The molecule has 2 aromatic carbocycles. The van der Waals surface area contributed by atoms with Crippen molar-refractivity contribution in [2.24, 2.45) is 0 Å². The summed E-state index contributed by atoms with van der Waals surface area (Å²) < 4.78 is 12.8. The lowest BCUT2D eigenvalue weighted by Gasteiger charge is -2.40. The molecule has 214 valence electrons. The second-order valence-corrected chi connectivity index (χ2v) is 11.3. The Labute approximate surface area is 240 Å². The molecule has 4 heterocycles. The molecule has 3 atom stereocenters. The van der Waals surface area contributed by atoms with Crippen LogP contribution in [0.15, 0.2) is 36.4 Å². The van der Waals surface area contributed by atoms with E-state index >= 15 is 0 Å². The highest BCUT2D eigenvalue weighted by atomic mass is 16.5. The monoisotopic (exact) mass is 556 g/mol. The zero-order valence-corrected chi connectivity index (χ0v) is 23.6. The fraction of sp³-hybridized carbons (Fsp3) is 0.484. The molecule has 0 radical (unpaired) electrons. The summed E-state index contributed by atoms with van der Waals surface area (Å²) in [5.74, 6) is 1.23. The van der Waals surface area contributed by atoms with Gasteiger partial charge in [-0.2, -0.15) is 15.2 Å². The van der Waals surface area contributed by atoms with E-state index in [9.17, 15) is 15.2 Å². The number of carbonyl (C=O) groups is 1. The fourth-order valence-corrected chi connectivity index (χ4v) is 6.53. The maximum Gasteiger partial charge on any atom is 0.407 e. The predicted octanol–water partition coefficient (Wildman–Crippen LogP) is 4.56. The lowest BCUT2D eigenvalue weighted by atomic mass is 9.92. The highest BCUT2D eigenvalue weighted by molar-refractivity contribution is 5.89. The highest BCUT2D eigenvalue weighted by Gasteiger charge is 2.35. The molecule has 10 heteroatoms. The highest BCUT2D eigenvalue weighted by Crippen LogP contribution is 2.41. The summed E-state index contributed by atoms with van der Waals surface area (Å²) in [7, 11) is 2.11. The van der Waals surface area contributed by atoms with Gasteiger partial charge in [0.25, 0.3) is 0 Å². The zero-order chi connectivity index (χ0) is 28.5. The van der Waals surface area contributed by atoms with Gasteiger partial charge >= 0.3 is 12.1 Å². The van der Waals surface area contributed by atoms with E-state index in [0.717, 1.165) is 36.9 Å². The number of likely N-dealkylation sites (tertiary alicyclic amines) is 1. The third-order valence-electron chi connectivity index (χ3n) is 8.76. The van der Waals surface area contributed by atoms with Crippen LogP contribution in [0.1, 0.15) is 48.5 Å². The van der Waals surface area contributed by atoms with E-state index < -0.39 is 12.1 Å². The molecule has 41 heavy (non-hydrogen) atoms. The van der Waals surface area contributed by atoms with E-state index in [0.29, 0.717) is 50.4 Å². The topological polar surface area (TPSA) is 115 Å². The van der Waals surface area contributed by atoms with E-state index in [-0.39, 0.29) is 18.5 Å². The summed E-state index contributed by atoms with van der Waals surface area (Å²) in [6, 6.07) is 15.0. The van der Waals surface area contributed by atoms with Crippen LogP contribution < -0.4 is 14.4 Å². The van der Waals surface area contributed by atoms with Gasteiger partial charge in [0.05, 0.1) is 24.1 Å². The smallest absolute Gasteiger partial charge is 0.407 e. The van der Waals surface area contributed by atoms with Crippen LogP contribution in [0.4, 0.5) is 10.6 Å². The quantitative estimate of drug-likeness (QED) is 0.467. The number of carboxylic acid groups (broad SMARTS) is 1. The fourth-order valence-electron chi connectivity index (χ4n) is 6.53. The first-order valence-corrected chi connectivity index (χ1v) is 14.4. The average molecular weight is 557 g/mol. The van der Waals surface area contributed by atoms with Crippen molar-refractivity contribution in [1.29, 1.82) is 5.26 Å². The van der Waals surface area contributed by atoms with Crippen LogP contribution in [0.25, 0.3) is 10.8 Å². The van der Waals surface area contributed by atoms with Crippen LogP contribution in [-0.4, -0.2) is 82.9 Å². The standard InChI is InChI=1S/C31H36N6O4/c1-20-6-3-7-21-8-4-10-24(27(20)21)26-12-11-25-28(36-16-17-37(31(38)39)22(18-36)13-14-32)33-30(34-29(25)41-26)40-19-23-9-5-15-35(23)2/h3-4,6-8,10,22-23,26H,5,9,11-13,15-19H2,1-2H3,(H,38,39)/t22-,23-,26?/m0/s1. The van der Waals surface area contributed by atoms with Gasteiger partial charge in [0.1, 0.15) is 18.5 Å². The van der Waals surface area contributed by atoms with Crippen molar-refractivity contribution < 1.29 is 19.4 Å². The largest absolute Gasteiger partial charge is 0.469 e. The molecule has 1 N–H and O–H groups in total. The molecule has 6 rings (SSSR count). The first-order chi connectivity index (χ1) is 19.9. The van der Waals surface area contributed by atoms with E-state index in [1.54, 1.807) is 0 Å². The number of nitrogens with zero attached hydrogens (tertiary/aromatic N) is 6. The van der Waals surface area contributed by atoms with Crippen molar-refractivity contribution >= 4 is 22.7 Å². The second kappa shape index (κ2) is 11.4. The molecule has 2 fully saturated rings. The number of amides is 1. The molecule has 1 amide bonds. The second-order valence-electron chi connectivity index (χ2n) is 11.3. The Morgan fingerprint density at radius 1 is 1.15 bits per heavy atom. The number of anilines is 1. The van der Waals surface area contributed by atoms with Crippen molar-refractivity contribution in [1.82, 2.24) is 19.8 Å². The van der Waals surface area contributed by atoms with E-state index in [2.05, 4.69) is 66.2 Å². The maximum atomic E-state index is 11.8. The molecule has 0 spiro atoms. The SMILES string of the molecule is Cc1cccc2cccc(C3CCc4c(nc(OC[C@@H]5CCCN5C)nc4N4CCN(C(=O)O)[C@@H](CC#N)C4)O3)c12. The zero-order valence-electron chi connectivity index (χ0n) is 23.6. The Morgan fingerprint density at radius 2 is 1.98 bits per heavy atom. The van der Waals surface area contributed by atoms with Gasteiger partial charge in [-0.25, -0.2) is 4.79 Å². The van der Waals surface area contributed by atoms with Crippen LogP contribution in [0, 0.1) is 18.3 Å². The number of benzene rings is 2. The maximum absolute atomic E-state index is 11.8. The number of hydrogen-bond acceptors (Lipinski definition) is 8. The van der Waals surface area contributed by atoms with E-state index in [4.69, 9.17) is 19.4 Å². The number of fused-ring (bicyclic) bond motifs is 2. The number of likely N-dealkylation sites (N-methyl/N-ethyl adjacent to an activating group) is 1. The Kier molecular flexibility index (Phi) is 7.54. The molecule has 10 nitrogen and oxygen atoms in total. The average Bonchev–Trinajstić information content (AvgIpc) is 3.39. The van der Waals surface area contributed by atoms with Crippen LogP contribution >= 0.6 is 0 Å². The van der Waals surface area contributed by atoms with Crippen LogP contribution in [-0.2, 0) is 6.42 Å². The van der Waals surface area contributed by atoms with E-state index in [1.807, 2.05) is 0 Å². The summed E-state index contributed by atoms with van der Waals surface area (Å²) in [5, 5.41) is 21.5. The number of nitriles is 1. The molecule has 1 unspecified atom stereocenters. The van der Waals surface area contributed by atoms with Crippen molar-refractivity contribution in [3.05, 3.63) is 53.1 Å². The molecule has 0 aliphatic carbocycles. The van der Waals surface area contributed by atoms with Gasteiger partial charge in [-0.3, -0.25) is 0 Å². The summed E-state index contributed by atoms with van der Waals surface area (Å²) in [6.45, 7) is 4.80. The van der Waals surface area contributed by atoms with Gasteiger partial charge in [-0.15, -0.1) is 0 Å². The minimum absolute atomic E-state index is 0.118. The molecule has 3 aliphatic rings. The van der Waals surface area contributed by atoms with Gasteiger partial charge in [0.2, 0.25) is 5.88 Å². The Morgan fingerprint density at radius 3 is 2.73 bits per heavy atom. The van der Waals surface area contributed by atoms with Crippen LogP contribution in [0.5, 0.6) is 11.9 Å². The minimum atomic E-state index is -1.00. The van der Waals surface area contributed by atoms with Crippen molar-refractivity contribution in [2.45, 2.75) is 57.2 Å². The normalized spacial score (nSPS) is 22.7. The number of ether oxygens (including phenoxy) is 2. The number of hydrogen-bond donors (Lipinski definition) is 1. The van der Waals surface area contributed by atoms with Crippen LogP contribution in [0.2, 0.25) is 0 Å².